The molecule has 194 valence electrons. The van der Waals surface area contributed by atoms with Gasteiger partial charge in [-0.15, -0.1) is 0 Å². The smallest absolute Gasteiger partial charge is 0.294 e. The third kappa shape index (κ3) is 6.82. The topological polar surface area (TPSA) is 114 Å². The number of thioether (sulfide) groups is 1. The summed E-state index contributed by atoms with van der Waals surface area (Å²) in [6.07, 6.45) is 1.53. The van der Waals surface area contributed by atoms with Crippen molar-refractivity contribution in [3.05, 3.63) is 58.0 Å². The molecule has 1 N–H and O–H groups in total. The number of methoxy groups -OCH3 is 1. The second kappa shape index (κ2) is 12.1. The minimum absolute atomic E-state index is 0.146. The summed E-state index contributed by atoms with van der Waals surface area (Å²) in [6.45, 7) is 1.49. The number of amides is 4. The first-order valence-corrected chi connectivity index (χ1v) is 12.5. The number of ether oxygens (including phenoxy) is 3. The number of anilines is 1. The van der Waals surface area contributed by atoms with Crippen LogP contribution in [0.3, 0.4) is 0 Å². The van der Waals surface area contributed by atoms with E-state index in [4.69, 9.17) is 25.8 Å². The Bertz CT molecular complexity index is 1230. The number of imide groups is 1. The van der Waals surface area contributed by atoms with Crippen LogP contribution in [0.4, 0.5) is 10.5 Å². The van der Waals surface area contributed by atoms with E-state index in [1.54, 1.807) is 47.4 Å². The molecule has 4 rings (SSSR count). The molecule has 2 fully saturated rings. The van der Waals surface area contributed by atoms with Crippen LogP contribution < -0.4 is 14.8 Å². The average Bonchev–Trinajstić information content (AvgIpc) is 3.16. The molecule has 0 atom stereocenters. The fraction of sp³-hybridized carbons (Fsp3) is 0.280. The third-order valence-electron chi connectivity index (χ3n) is 5.50. The lowest BCUT2D eigenvalue weighted by atomic mass is 10.2. The summed E-state index contributed by atoms with van der Waals surface area (Å²) in [6, 6.07) is 11.4. The van der Waals surface area contributed by atoms with E-state index in [-0.39, 0.29) is 17.4 Å². The number of carbonyl (C=O) groups is 4. The van der Waals surface area contributed by atoms with Gasteiger partial charge in [0.25, 0.3) is 17.1 Å². The van der Waals surface area contributed by atoms with E-state index in [1.165, 1.54) is 13.2 Å². The highest BCUT2D eigenvalue weighted by atomic mass is 35.5. The quantitative estimate of drug-likeness (QED) is 0.503. The van der Waals surface area contributed by atoms with Crippen LogP contribution in [-0.2, 0) is 19.1 Å². The first-order chi connectivity index (χ1) is 17.8. The van der Waals surface area contributed by atoms with Gasteiger partial charge in [-0.2, -0.15) is 0 Å². The predicted molar refractivity (Wildman–Crippen MR) is 139 cm³/mol. The van der Waals surface area contributed by atoms with E-state index in [2.05, 4.69) is 5.32 Å². The van der Waals surface area contributed by atoms with Crippen molar-refractivity contribution in [3.63, 3.8) is 0 Å². The molecule has 4 amide bonds. The average molecular weight is 546 g/mol. The molecule has 2 aromatic rings. The Morgan fingerprint density at radius 3 is 2.54 bits per heavy atom. The van der Waals surface area contributed by atoms with Crippen molar-refractivity contribution in [2.75, 3.05) is 51.9 Å². The Labute approximate surface area is 222 Å². The number of morpholine rings is 1. The highest BCUT2D eigenvalue weighted by Crippen LogP contribution is 2.34. The molecule has 0 aromatic heterocycles. The molecule has 0 bridgehead atoms. The van der Waals surface area contributed by atoms with Gasteiger partial charge in [0.05, 0.1) is 25.2 Å². The second-order valence-corrected chi connectivity index (χ2v) is 9.44. The summed E-state index contributed by atoms with van der Waals surface area (Å²) in [5.41, 5.74) is 1.08. The van der Waals surface area contributed by atoms with Crippen molar-refractivity contribution in [1.29, 1.82) is 0 Å². The van der Waals surface area contributed by atoms with Crippen LogP contribution in [0.2, 0.25) is 5.02 Å². The summed E-state index contributed by atoms with van der Waals surface area (Å²) in [5.74, 6) is -0.501. The zero-order valence-corrected chi connectivity index (χ0v) is 21.5. The summed E-state index contributed by atoms with van der Waals surface area (Å²) < 4.78 is 16.3. The van der Waals surface area contributed by atoms with Crippen LogP contribution in [0.25, 0.3) is 6.08 Å². The van der Waals surface area contributed by atoms with Gasteiger partial charge in [-0.25, -0.2) is 0 Å². The maximum atomic E-state index is 12.8. The van der Waals surface area contributed by atoms with Crippen molar-refractivity contribution in [3.8, 4) is 11.5 Å². The Balaban J connectivity index is 1.38. The van der Waals surface area contributed by atoms with Gasteiger partial charge in [-0.05, 0) is 59.8 Å². The van der Waals surface area contributed by atoms with Gasteiger partial charge in [0, 0.05) is 23.8 Å². The Morgan fingerprint density at radius 1 is 1.11 bits per heavy atom. The van der Waals surface area contributed by atoms with E-state index < -0.39 is 23.6 Å². The Kier molecular flexibility index (Phi) is 8.70. The maximum Gasteiger partial charge on any atom is 0.294 e. The zero-order valence-electron chi connectivity index (χ0n) is 19.9. The van der Waals surface area contributed by atoms with Crippen LogP contribution in [0.1, 0.15) is 5.56 Å². The van der Waals surface area contributed by atoms with Crippen LogP contribution in [-0.4, -0.2) is 79.3 Å². The fourth-order valence-electron chi connectivity index (χ4n) is 3.60. The molecular formula is C25H24ClN3O7S. The predicted octanol–water partition coefficient (Wildman–Crippen LogP) is 3.26. The Morgan fingerprint density at radius 2 is 1.84 bits per heavy atom. The van der Waals surface area contributed by atoms with Crippen molar-refractivity contribution in [2.45, 2.75) is 0 Å². The second-order valence-electron chi connectivity index (χ2n) is 8.02. The molecule has 0 unspecified atom stereocenters. The van der Waals surface area contributed by atoms with Gasteiger partial charge in [-0.3, -0.25) is 24.1 Å². The van der Waals surface area contributed by atoms with E-state index in [1.807, 2.05) is 0 Å². The van der Waals surface area contributed by atoms with Gasteiger partial charge in [0.1, 0.15) is 6.54 Å². The Hall–Kier alpha value is -3.54. The zero-order chi connectivity index (χ0) is 26.4. The lowest BCUT2D eigenvalue weighted by molar-refractivity contribution is -0.137. The normalized spacial score (nSPS) is 16.8. The van der Waals surface area contributed by atoms with Gasteiger partial charge >= 0.3 is 0 Å². The fourth-order valence-corrected chi connectivity index (χ4v) is 4.57. The van der Waals surface area contributed by atoms with Crippen LogP contribution in [0, 0.1) is 0 Å². The summed E-state index contributed by atoms with van der Waals surface area (Å²) in [7, 11) is 1.46. The van der Waals surface area contributed by atoms with E-state index in [9.17, 15) is 19.2 Å². The molecule has 12 heteroatoms. The SMILES string of the molecule is COc1cc(/C=C2\SC(=O)N(CC(=O)Nc3ccc(Cl)cc3)C2=O)ccc1OCC(=O)N1CCOCC1. The number of nitrogens with one attached hydrogen (secondary N) is 1. The maximum absolute atomic E-state index is 12.8. The molecular weight excluding hydrogens is 522 g/mol. The van der Waals surface area contributed by atoms with Crippen LogP contribution in [0.5, 0.6) is 11.5 Å². The monoisotopic (exact) mass is 545 g/mol. The van der Waals surface area contributed by atoms with Gasteiger partial charge in [0.15, 0.2) is 18.1 Å². The van der Waals surface area contributed by atoms with Crippen LogP contribution in [0.15, 0.2) is 47.4 Å². The van der Waals surface area contributed by atoms with Gasteiger partial charge in [0.2, 0.25) is 5.91 Å². The number of carbonyl (C=O) groups excluding carboxylic acids is 4. The summed E-state index contributed by atoms with van der Waals surface area (Å²) in [5, 5.41) is 2.60. The molecule has 0 spiro atoms. The lowest BCUT2D eigenvalue weighted by Gasteiger charge is -2.26. The highest BCUT2D eigenvalue weighted by Gasteiger charge is 2.36. The number of halogens is 1. The number of benzene rings is 2. The molecule has 2 aliphatic rings. The lowest BCUT2D eigenvalue weighted by Crippen LogP contribution is -2.43. The van der Waals surface area contributed by atoms with Crippen molar-refractivity contribution < 1.29 is 33.4 Å². The summed E-state index contributed by atoms with van der Waals surface area (Å²) >= 11 is 6.58. The van der Waals surface area contributed by atoms with Crippen molar-refractivity contribution in [2.24, 2.45) is 0 Å². The number of nitrogens with zero attached hydrogens (tertiary/aromatic N) is 2. The minimum Gasteiger partial charge on any atom is -0.493 e. The molecule has 2 aliphatic heterocycles. The van der Waals surface area contributed by atoms with Crippen LogP contribution >= 0.6 is 23.4 Å². The summed E-state index contributed by atoms with van der Waals surface area (Å²) in [4.78, 5) is 52.7. The minimum atomic E-state index is -0.573. The third-order valence-corrected chi connectivity index (χ3v) is 6.66. The molecule has 0 aliphatic carbocycles. The highest BCUT2D eigenvalue weighted by molar-refractivity contribution is 8.18. The van der Waals surface area contributed by atoms with Crippen molar-refractivity contribution >= 4 is 58.1 Å². The van der Waals surface area contributed by atoms with Gasteiger partial charge in [-0.1, -0.05) is 17.7 Å². The van der Waals surface area contributed by atoms with E-state index in [0.717, 1.165) is 16.7 Å². The molecule has 2 heterocycles. The molecule has 0 saturated carbocycles. The van der Waals surface area contributed by atoms with E-state index >= 15 is 0 Å². The molecule has 2 saturated heterocycles. The largest absolute Gasteiger partial charge is 0.493 e. The molecule has 10 nitrogen and oxygen atoms in total. The molecule has 0 radical (unpaired) electrons. The number of hydrogen-bond acceptors (Lipinski definition) is 8. The first kappa shape index (κ1) is 26.5. The number of hydrogen-bond donors (Lipinski definition) is 1. The van der Waals surface area contributed by atoms with E-state index in [0.29, 0.717) is 54.1 Å². The molecule has 37 heavy (non-hydrogen) atoms. The number of rotatable bonds is 8. The van der Waals surface area contributed by atoms with Crippen molar-refractivity contribution in [1.82, 2.24) is 9.80 Å². The first-order valence-electron chi connectivity index (χ1n) is 11.3. The molecule has 2 aromatic carbocycles. The standard InChI is InChI=1S/C25H24ClN3O7S/c1-34-20-12-16(2-7-19(20)36-15-23(31)28-8-10-35-11-9-28)13-21-24(32)29(25(33)37-21)14-22(30)27-18-5-3-17(26)4-6-18/h2-7,12-13H,8-11,14-15H2,1H3,(H,27,30)/b21-13-. The van der Waals surface area contributed by atoms with Gasteiger partial charge < -0.3 is 24.4 Å².